The van der Waals surface area contributed by atoms with Gasteiger partial charge in [0.2, 0.25) is 0 Å². The Hall–Kier alpha value is -2.29. The van der Waals surface area contributed by atoms with E-state index in [-0.39, 0.29) is 5.91 Å². The zero-order chi connectivity index (χ0) is 15.8. The van der Waals surface area contributed by atoms with Gasteiger partial charge < -0.3 is 10.2 Å². The van der Waals surface area contributed by atoms with Crippen LogP contribution in [0.15, 0.2) is 54.6 Å². The first-order chi connectivity index (χ1) is 10.7. The molecule has 0 aliphatic rings. The van der Waals surface area contributed by atoms with Crippen LogP contribution < -0.4 is 5.32 Å². The lowest BCUT2D eigenvalue weighted by Gasteiger charge is -2.18. The largest absolute Gasteiger partial charge is 0.385 e. The second-order valence-electron chi connectivity index (χ2n) is 5.22. The fourth-order valence-corrected chi connectivity index (χ4v) is 2.42. The van der Waals surface area contributed by atoms with Crippen molar-refractivity contribution >= 4 is 11.6 Å². The summed E-state index contributed by atoms with van der Waals surface area (Å²) in [6, 6.07) is 18.1. The fraction of sp³-hybridized carbons (Fsp3) is 0.316. The molecule has 0 saturated heterocycles. The summed E-state index contributed by atoms with van der Waals surface area (Å²) in [7, 11) is 0. The average Bonchev–Trinajstić information content (AvgIpc) is 2.57. The third-order valence-corrected chi connectivity index (χ3v) is 3.77. The Morgan fingerprint density at radius 2 is 1.59 bits per heavy atom. The standard InChI is InChI=1S/C19H24N2O/c1-3-21(4-2)19(22)17-10-12-18(13-11-17)20-15-14-16-8-6-5-7-9-16/h5-13,20H,3-4,14-15H2,1-2H3. The van der Waals surface area contributed by atoms with E-state index in [1.807, 2.05) is 49.1 Å². The van der Waals surface area contributed by atoms with E-state index in [1.54, 1.807) is 0 Å². The predicted octanol–water partition coefficient (Wildman–Crippen LogP) is 3.82. The van der Waals surface area contributed by atoms with E-state index in [0.717, 1.165) is 37.3 Å². The molecule has 0 aliphatic carbocycles. The molecule has 1 amide bonds. The molecule has 0 bridgehead atoms. The minimum Gasteiger partial charge on any atom is -0.385 e. The Balaban J connectivity index is 1.88. The molecule has 0 unspecified atom stereocenters. The molecule has 2 aromatic rings. The molecule has 2 rings (SSSR count). The predicted molar refractivity (Wildman–Crippen MR) is 92.3 cm³/mol. The Labute approximate surface area is 133 Å². The monoisotopic (exact) mass is 296 g/mol. The molecule has 2 aromatic carbocycles. The Morgan fingerprint density at radius 3 is 2.18 bits per heavy atom. The average molecular weight is 296 g/mol. The zero-order valence-electron chi connectivity index (χ0n) is 13.4. The highest BCUT2D eigenvalue weighted by molar-refractivity contribution is 5.94. The van der Waals surface area contributed by atoms with Gasteiger partial charge in [-0.2, -0.15) is 0 Å². The first kappa shape index (κ1) is 16.1. The first-order valence-electron chi connectivity index (χ1n) is 7.91. The maximum Gasteiger partial charge on any atom is 0.253 e. The quantitative estimate of drug-likeness (QED) is 0.842. The molecule has 0 saturated carbocycles. The third-order valence-electron chi connectivity index (χ3n) is 3.77. The molecule has 0 radical (unpaired) electrons. The molecule has 22 heavy (non-hydrogen) atoms. The van der Waals surface area contributed by atoms with E-state index in [2.05, 4.69) is 29.6 Å². The van der Waals surface area contributed by atoms with Crippen molar-refractivity contribution in [2.75, 3.05) is 25.0 Å². The highest BCUT2D eigenvalue weighted by atomic mass is 16.2. The van der Waals surface area contributed by atoms with Gasteiger partial charge in [-0.1, -0.05) is 30.3 Å². The second-order valence-corrected chi connectivity index (χ2v) is 5.22. The van der Waals surface area contributed by atoms with Crippen LogP contribution in [0.3, 0.4) is 0 Å². The van der Waals surface area contributed by atoms with Crippen molar-refractivity contribution in [1.82, 2.24) is 4.90 Å². The number of anilines is 1. The van der Waals surface area contributed by atoms with Crippen LogP contribution in [0.1, 0.15) is 29.8 Å². The minimum absolute atomic E-state index is 0.0980. The number of carbonyl (C=O) groups is 1. The Kier molecular flexibility index (Phi) is 6.01. The number of nitrogens with zero attached hydrogens (tertiary/aromatic N) is 1. The normalized spacial score (nSPS) is 10.3. The summed E-state index contributed by atoms with van der Waals surface area (Å²) in [5.74, 6) is 0.0980. The summed E-state index contributed by atoms with van der Waals surface area (Å²) in [5, 5.41) is 3.39. The fourth-order valence-electron chi connectivity index (χ4n) is 2.42. The number of nitrogens with one attached hydrogen (secondary N) is 1. The maximum atomic E-state index is 12.2. The summed E-state index contributed by atoms with van der Waals surface area (Å²) in [6.07, 6.45) is 0.987. The number of hydrogen-bond donors (Lipinski definition) is 1. The van der Waals surface area contributed by atoms with Gasteiger partial charge in [-0.05, 0) is 50.1 Å². The smallest absolute Gasteiger partial charge is 0.253 e. The molecule has 0 aromatic heterocycles. The first-order valence-corrected chi connectivity index (χ1v) is 7.91. The van der Waals surface area contributed by atoms with Gasteiger partial charge >= 0.3 is 0 Å². The molecule has 3 heteroatoms. The van der Waals surface area contributed by atoms with Crippen molar-refractivity contribution in [2.45, 2.75) is 20.3 Å². The topological polar surface area (TPSA) is 32.3 Å². The maximum absolute atomic E-state index is 12.2. The summed E-state index contributed by atoms with van der Waals surface area (Å²) in [4.78, 5) is 14.1. The Morgan fingerprint density at radius 1 is 0.955 bits per heavy atom. The summed E-state index contributed by atoms with van der Waals surface area (Å²) < 4.78 is 0. The SMILES string of the molecule is CCN(CC)C(=O)c1ccc(NCCc2ccccc2)cc1. The number of amides is 1. The minimum atomic E-state index is 0.0980. The number of benzene rings is 2. The van der Waals surface area contributed by atoms with E-state index in [0.29, 0.717) is 0 Å². The molecule has 0 atom stereocenters. The van der Waals surface area contributed by atoms with Crippen molar-refractivity contribution in [3.8, 4) is 0 Å². The lowest BCUT2D eigenvalue weighted by atomic mass is 10.1. The zero-order valence-corrected chi connectivity index (χ0v) is 13.4. The number of rotatable bonds is 7. The molecule has 3 nitrogen and oxygen atoms in total. The summed E-state index contributed by atoms with van der Waals surface area (Å²) >= 11 is 0. The van der Waals surface area contributed by atoms with Crippen LogP contribution in [-0.4, -0.2) is 30.4 Å². The van der Waals surface area contributed by atoms with Gasteiger partial charge in [0.05, 0.1) is 0 Å². The van der Waals surface area contributed by atoms with Crippen LogP contribution in [0.2, 0.25) is 0 Å². The van der Waals surface area contributed by atoms with Gasteiger partial charge in [0.1, 0.15) is 0 Å². The van der Waals surface area contributed by atoms with Crippen LogP contribution in [-0.2, 0) is 6.42 Å². The van der Waals surface area contributed by atoms with Crippen LogP contribution >= 0.6 is 0 Å². The van der Waals surface area contributed by atoms with Crippen LogP contribution in [0, 0.1) is 0 Å². The van der Waals surface area contributed by atoms with Crippen molar-refractivity contribution < 1.29 is 4.79 Å². The highest BCUT2D eigenvalue weighted by Crippen LogP contribution is 2.12. The molecule has 1 N–H and O–H groups in total. The molecule has 0 heterocycles. The third kappa shape index (κ3) is 4.35. The van der Waals surface area contributed by atoms with Gasteiger partial charge in [-0.3, -0.25) is 4.79 Å². The van der Waals surface area contributed by atoms with Gasteiger partial charge in [0.25, 0.3) is 5.91 Å². The van der Waals surface area contributed by atoms with Gasteiger partial charge in [0, 0.05) is 30.9 Å². The van der Waals surface area contributed by atoms with Crippen LogP contribution in [0.4, 0.5) is 5.69 Å². The van der Waals surface area contributed by atoms with E-state index >= 15 is 0 Å². The van der Waals surface area contributed by atoms with Gasteiger partial charge in [-0.15, -0.1) is 0 Å². The second kappa shape index (κ2) is 8.23. The highest BCUT2D eigenvalue weighted by Gasteiger charge is 2.11. The lowest BCUT2D eigenvalue weighted by molar-refractivity contribution is 0.0773. The van der Waals surface area contributed by atoms with Crippen molar-refractivity contribution in [3.63, 3.8) is 0 Å². The number of hydrogen-bond acceptors (Lipinski definition) is 2. The van der Waals surface area contributed by atoms with E-state index in [4.69, 9.17) is 0 Å². The lowest BCUT2D eigenvalue weighted by Crippen LogP contribution is -2.30. The molecule has 0 fully saturated rings. The van der Waals surface area contributed by atoms with Crippen molar-refractivity contribution in [3.05, 3.63) is 65.7 Å². The van der Waals surface area contributed by atoms with E-state index in [9.17, 15) is 4.79 Å². The van der Waals surface area contributed by atoms with Gasteiger partial charge in [-0.25, -0.2) is 0 Å². The van der Waals surface area contributed by atoms with E-state index in [1.165, 1.54) is 5.56 Å². The van der Waals surface area contributed by atoms with Crippen molar-refractivity contribution in [2.24, 2.45) is 0 Å². The Bertz CT molecular complexity index is 574. The molecular weight excluding hydrogens is 272 g/mol. The molecule has 116 valence electrons. The summed E-state index contributed by atoms with van der Waals surface area (Å²) in [5.41, 5.74) is 3.12. The molecule has 0 spiro atoms. The van der Waals surface area contributed by atoms with Crippen LogP contribution in [0.5, 0.6) is 0 Å². The summed E-state index contributed by atoms with van der Waals surface area (Å²) in [6.45, 7) is 6.37. The molecule has 0 aliphatic heterocycles. The van der Waals surface area contributed by atoms with Crippen LogP contribution in [0.25, 0.3) is 0 Å². The van der Waals surface area contributed by atoms with E-state index < -0.39 is 0 Å². The van der Waals surface area contributed by atoms with Crippen molar-refractivity contribution in [1.29, 1.82) is 0 Å². The molecular formula is C19H24N2O. The number of carbonyl (C=O) groups excluding carboxylic acids is 1. The van der Waals surface area contributed by atoms with Gasteiger partial charge in [0.15, 0.2) is 0 Å².